The molecule has 3 rings (SSSR count). The quantitative estimate of drug-likeness (QED) is 0.753. The van der Waals surface area contributed by atoms with E-state index in [-0.39, 0.29) is 30.1 Å². The maximum absolute atomic E-state index is 13.0. The molecule has 2 heterocycles. The van der Waals surface area contributed by atoms with E-state index in [0.29, 0.717) is 31.0 Å². The van der Waals surface area contributed by atoms with Crippen LogP contribution >= 0.6 is 12.4 Å². The molecule has 6 nitrogen and oxygen atoms in total. The SMILES string of the molecule is CCCN(C(=O)c1ccc(CN2C(=O)CCC2=O)cc1)C1CCNCC1.Cl. The Morgan fingerprint density at radius 3 is 2.26 bits per heavy atom. The van der Waals surface area contributed by atoms with Crippen LogP contribution in [0.5, 0.6) is 0 Å². The van der Waals surface area contributed by atoms with Gasteiger partial charge in [0, 0.05) is 31.0 Å². The maximum Gasteiger partial charge on any atom is 0.254 e. The van der Waals surface area contributed by atoms with E-state index in [1.165, 1.54) is 4.90 Å². The number of nitrogens with one attached hydrogen (secondary N) is 1. The minimum absolute atomic E-state index is 0. The molecule has 0 bridgehead atoms. The third-order valence-corrected chi connectivity index (χ3v) is 5.17. The van der Waals surface area contributed by atoms with E-state index in [9.17, 15) is 14.4 Å². The number of hydrogen-bond acceptors (Lipinski definition) is 4. The molecule has 0 aromatic heterocycles. The molecule has 7 heteroatoms. The smallest absolute Gasteiger partial charge is 0.254 e. The summed E-state index contributed by atoms with van der Waals surface area (Å²) in [5.74, 6) is -0.163. The molecule has 0 unspecified atom stereocenters. The van der Waals surface area contributed by atoms with Gasteiger partial charge >= 0.3 is 0 Å². The van der Waals surface area contributed by atoms with E-state index in [2.05, 4.69) is 12.2 Å². The number of carbonyl (C=O) groups is 3. The van der Waals surface area contributed by atoms with Crippen molar-refractivity contribution in [3.8, 4) is 0 Å². The molecule has 2 aliphatic heterocycles. The Hall–Kier alpha value is -1.92. The minimum atomic E-state index is -0.116. The fourth-order valence-electron chi connectivity index (χ4n) is 3.71. The lowest BCUT2D eigenvalue weighted by molar-refractivity contribution is -0.139. The first kappa shape index (κ1) is 21.4. The summed E-state index contributed by atoms with van der Waals surface area (Å²) in [5, 5.41) is 3.34. The topological polar surface area (TPSA) is 69.7 Å². The number of halogens is 1. The van der Waals surface area contributed by atoms with Crippen molar-refractivity contribution in [3.05, 3.63) is 35.4 Å². The Morgan fingerprint density at radius 1 is 1.11 bits per heavy atom. The summed E-state index contributed by atoms with van der Waals surface area (Å²) in [5.41, 5.74) is 1.54. The first-order chi connectivity index (χ1) is 12.6. The first-order valence-corrected chi connectivity index (χ1v) is 9.54. The van der Waals surface area contributed by atoms with Crippen LogP contribution in [0.15, 0.2) is 24.3 Å². The van der Waals surface area contributed by atoms with Gasteiger partial charge in [0.25, 0.3) is 5.91 Å². The fourth-order valence-corrected chi connectivity index (χ4v) is 3.71. The van der Waals surface area contributed by atoms with Crippen LogP contribution in [0.1, 0.15) is 54.9 Å². The number of hydrogen-bond donors (Lipinski definition) is 1. The highest BCUT2D eigenvalue weighted by atomic mass is 35.5. The number of amides is 3. The second-order valence-electron chi connectivity index (χ2n) is 7.05. The van der Waals surface area contributed by atoms with Crippen LogP contribution in [0.4, 0.5) is 0 Å². The van der Waals surface area contributed by atoms with Crippen molar-refractivity contribution in [1.29, 1.82) is 0 Å². The van der Waals surface area contributed by atoms with Crippen molar-refractivity contribution < 1.29 is 14.4 Å². The summed E-state index contributed by atoms with van der Waals surface area (Å²) < 4.78 is 0. The molecule has 2 saturated heterocycles. The van der Waals surface area contributed by atoms with Crippen molar-refractivity contribution >= 4 is 30.1 Å². The third kappa shape index (κ3) is 5.08. The second-order valence-corrected chi connectivity index (χ2v) is 7.05. The van der Waals surface area contributed by atoms with Gasteiger partial charge in [0.2, 0.25) is 11.8 Å². The molecule has 1 N–H and O–H groups in total. The molecule has 1 aromatic rings. The number of benzene rings is 1. The zero-order chi connectivity index (χ0) is 18.5. The molecule has 0 saturated carbocycles. The van der Waals surface area contributed by atoms with Gasteiger partial charge in [-0.3, -0.25) is 19.3 Å². The lowest BCUT2D eigenvalue weighted by atomic mass is 10.0. The number of rotatable bonds is 6. The molecule has 2 fully saturated rings. The fraction of sp³-hybridized carbons (Fsp3) is 0.550. The molecular weight excluding hydrogens is 366 g/mol. The van der Waals surface area contributed by atoms with Gasteiger partial charge in [0.15, 0.2) is 0 Å². The molecule has 27 heavy (non-hydrogen) atoms. The van der Waals surface area contributed by atoms with E-state index < -0.39 is 0 Å². The van der Waals surface area contributed by atoms with Crippen molar-refractivity contribution in [2.24, 2.45) is 0 Å². The number of nitrogens with zero attached hydrogens (tertiary/aromatic N) is 2. The van der Waals surface area contributed by atoms with Gasteiger partial charge < -0.3 is 10.2 Å². The maximum atomic E-state index is 13.0. The van der Waals surface area contributed by atoms with Gasteiger partial charge in [-0.2, -0.15) is 0 Å². The number of likely N-dealkylation sites (tertiary alicyclic amines) is 1. The Kier molecular flexibility index (Phi) is 7.80. The van der Waals surface area contributed by atoms with Crippen molar-refractivity contribution in [2.75, 3.05) is 19.6 Å². The molecule has 3 amide bonds. The summed E-state index contributed by atoms with van der Waals surface area (Å²) in [4.78, 5) is 39.8. The van der Waals surface area contributed by atoms with E-state index in [0.717, 1.165) is 44.5 Å². The first-order valence-electron chi connectivity index (χ1n) is 9.54. The molecular formula is C20H28ClN3O3. The zero-order valence-corrected chi connectivity index (χ0v) is 16.6. The summed E-state index contributed by atoms with van der Waals surface area (Å²) in [6, 6.07) is 7.61. The molecule has 0 radical (unpaired) electrons. The molecule has 148 valence electrons. The molecule has 2 aliphatic rings. The van der Waals surface area contributed by atoms with E-state index in [1.54, 1.807) is 0 Å². The third-order valence-electron chi connectivity index (χ3n) is 5.17. The van der Waals surface area contributed by atoms with Gasteiger partial charge in [0.1, 0.15) is 0 Å². The summed E-state index contributed by atoms with van der Waals surface area (Å²) >= 11 is 0. The van der Waals surface area contributed by atoms with Crippen molar-refractivity contribution in [3.63, 3.8) is 0 Å². The van der Waals surface area contributed by atoms with Crippen LogP contribution in [-0.4, -0.2) is 53.2 Å². The monoisotopic (exact) mass is 393 g/mol. The number of imide groups is 1. The van der Waals surface area contributed by atoms with Gasteiger partial charge in [0.05, 0.1) is 6.54 Å². The predicted octanol–water partition coefficient (Wildman–Crippen LogP) is 2.36. The lowest BCUT2D eigenvalue weighted by Crippen LogP contribution is -2.46. The molecule has 1 aromatic carbocycles. The van der Waals surface area contributed by atoms with E-state index in [1.807, 2.05) is 29.2 Å². The molecule has 0 aliphatic carbocycles. The van der Waals surface area contributed by atoms with Crippen LogP contribution in [0.25, 0.3) is 0 Å². The largest absolute Gasteiger partial charge is 0.336 e. The minimum Gasteiger partial charge on any atom is -0.336 e. The normalized spacial score (nSPS) is 17.7. The lowest BCUT2D eigenvalue weighted by Gasteiger charge is -2.34. The molecule has 0 spiro atoms. The Morgan fingerprint density at radius 2 is 1.70 bits per heavy atom. The Bertz CT molecular complexity index is 656. The Labute approximate surface area is 166 Å². The zero-order valence-electron chi connectivity index (χ0n) is 15.8. The van der Waals surface area contributed by atoms with Crippen molar-refractivity contribution in [2.45, 2.75) is 51.6 Å². The molecule has 0 atom stereocenters. The number of piperidine rings is 1. The van der Waals surface area contributed by atoms with Gasteiger partial charge in [-0.05, 0) is 50.0 Å². The highest BCUT2D eigenvalue weighted by Gasteiger charge is 2.29. The average molecular weight is 394 g/mol. The van der Waals surface area contributed by atoms with E-state index in [4.69, 9.17) is 0 Å². The van der Waals surface area contributed by atoms with Gasteiger partial charge in [-0.15, -0.1) is 12.4 Å². The van der Waals surface area contributed by atoms with Gasteiger partial charge in [-0.1, -0.05) is 19.1 Å². The highest BCUT2D eigenvalue weighted by molar-refractivity contribution is 6.01. The van der Waals surface area contributed by atoms with Crippen LogP contribution < -0.4 is 5.32 Å². The van der Waals surface area contributed by atoms with Crippen LogP contribution in [0, 0.1) is 0 Å². The summed E-state index contributed by atoms with van der Waals surface area (Å²) in [6.45, 7) is 5.06. The predicted molar refractivity (Wildman–Crippen MR) is 106 cm³/mol. The summed E-state index contributed by atoms with van der Waals surface area (Å²) in [6.07, 6.45) is 3.52. The van der Waals surface area contributed by atoms with Crippen LogP contribution in [-0.2, 0) is 16.1 Å². The standard InChI is InChI=1S/C20H27N3O3.ClH/c1-2-13-22(17-9-11-21-12-10-17)20(26)16-5-3-15(4-6-16)14-23-18(24)7-8-19(23)25;/h3-6,17,21H,2,7-14H2,1H3;1H. The average Bonchev–Trinajstić information content (AvgIpc) is 2.99. The van der Waals surface area contributed by atoms with E-state index >= 15 is 0 Å². The summed E-state index contributed by atoms with van der Waals surface area (Å²) in [7, 11) is 0. The second kappa shape index (κ2) is 9.85. The Balaban J connectivity index is 0.00000261. The highest BCUT2D eigenvalue weighted by Crippen LogP contribution is 2.19. The van der Waals surface area contributed by atoms with Crippen LogP contribution in [0.3, 0.4) is 0 Å². The van der Waals surface area contributed by atoms with Crippen LogP contribution in [0.2, 0.25) is 0 Å². The van der Waals surface area contributed by atoms with Crippen molar-refractivity contribution in [1.82, 2.24) is 15.1 Å². The number of carbonyl (C=O) groups excluding carboxylic acids is 3. The van der Waals surface area contributed by atoms with Gasteiger partial charge in [-0.25, -0.2) is 0 Å².